The Morgan fingerprint density at radius 3 is 2.50 bits per heavy atom. The molecule has 0 saturated carbocycles. The number of hydrogen-bond donors (Lipinski definition) is 1. The number of hydrogen-bond acceptors (Lipinski definition) is 3. The van der Waals surface area contributed by atoms with Gasteiger partial charge in [0.05, 0.1) is 19.3 Å². The van der Waals surface area contributed by atoms with Crippen LogP contribution in [-0.4, -0.2) is 43.7 Å². The molecule has 0 bridgehead atoms. The molecule has 26 heavy (non-hydrogen) atoms. The Balaban J connectivity index is 1.61. The number of carbonyl (C=O) groups is 1. The molecular weight excluding hydrogens is 392 g/mol. The topological polar surface area (TPSA) is 41.6 Å². The molecule has 0 radical (unpaired) electrons. The minimum atomic E-state index is -0.0814. The number of benzene rings is 2. The maximum atomic E-state index is 12.3. The van der Waals surface area contributed by atoms with Gasteiger partial charge < -0.3 is 10.1 Å². The standard InChI is InChI=1S/C21H23BrN2O2/c22-19-9-6-17(7-10-19)8-11-21(25)23-16-20(18-4-2-1-3-5-18)24-12-14-26-15-13-24/h1-11,20H,12-16H2,(H,23,25)/b11-8+/t20-/m0/s1. The lowest BCUT2D eigenvalue weighted by atomic mass is 10.0. The maximum Gasteiger partial charge on any atom is 0.244 e. The van der Waals surface area contributed by atoms with E-state index in [4.69, 9.17) is 4.74 Å². The number of rotatable bonds is 6. The zero-order valence-electron chi connectivity index (χ0n) is 14.6. The minimum absolute atomic E-state index is 0.0814. The first kappa shape index (κ1) is 18.8. The number of carbonyl (C=O) groups excluding carboxylic acids is 1. The lowest BCUT2D eigenvalue weighted by molar-refractivity contribution is -0.116. The molecule has 1 heterocycles. The van der Waals surface area contributed by atoms with Gasteiger partial charge >= 0.3 is 0 Å². The van der Waals surface area contributed by atoms with Crippen LogP contribution < -0.4 is 5.32 Å². The molecule has 1 saturated heterocycles. The highest BCUT2D eigenvalue weighted by molar-refractivity contribution is 9.10. The molecule has 1 N–H and O–H groups in total. The van der Waals surface area contributed by atoms with Crippen molar-refractivity contribution in [3.63, 3.8) is 0 Å². The molecule has 1 fully saturated rings. The van der Waals surface area contributed by atoms with Crippen LogP contribution in [0.1, 0.15) is 17.2 Å². The van der Waals surface area contributed by atoms with E-state index >= 15 is 0 Å². The second-order valence-corrected chi connectivity index (χ2v) is 7.12. The third-order valence-corrected chi connectivity index (χ3v) is 4.97. The van der Waals surface area contributed by atoms with Crippen LogP contribution in [0.4, 0.5) is 0 Å². The molecule has 4 nitrogen and oxygen atoms in total. The van der Waals surface area contributed by atoms with E-state index in [1.165, 1.54) is 5.56 Å². The predicted molar refractivity (Wildman–Crippen MR) is 108 cm³/mol. The summed E-state index contributed by atoms with van der Waals surface area (Å²) in [5.74, 6) is -0.0814. The quantitative estimate of drug-likeness (QED) is 0.733. The lowest BCUT2D eigenvalue weighted by Crippen LogP contribution is -2.43. The van der Waals surface area contributed by atoms with E-state index in [0.29, 0.717) is 6.54 Å². The second-order valence-electron chi connectivity index (χ2n) is 6.20. The molecule has 1 aliphatic rings. The van der Waals surface area contributed by atoms with Gasteiger partial charge in [-0.15, -0.1) is 0 Å². The van der Waals surface area contributed by atoms with Crippen molar-refractivity contribution in [3.8, 4) is 0 Å². The Bertz CT molecular complexity index is 725. The van der Waals surface area contributed by atoms with E-state index in [0.717, 1.165) is 36.3 Å². The molecule has 0 aliphatic carbocycles. The summed E-state index contributed by atoms with van der Waals surface area (Å²) in [7, 11) is 0. The van der Waals surface area contributed by atoms with E-state index in [1.807, 2.05) is 48.5 Å². The zero-order chi connectivity index (χ0) is 18.2. The third-order valence-electron chi connectivity index (χ3n) is 4.44. The Morgan fingerprint density at radius 2 is 1.81 bits per heavy atom. The van der Waals surface area contributed by atoms with Gasteiger partial charge in [-0.3, -0.25) is 9.69 Å². The van der Waals surface area contributed by atoms with E-state index in [1.54, 1.807) is 6.08 Å². The molecule has 3 rings (SSSR count). The van der Waals surface area contributed by atoms with Gasteiger partial charge in [0.2, 0.25) is 5.91 Å². The van der Waals surface area contributed by atoms with Crippen molar-refractivity contribution in [2.45, 2.75) is 6.04 Å². The van der Waals surface area contributed by atoms with Crippen molar-refractivity contribution in [1.82, 2.24) is 10.2 Å². The molecule has 0 aromatic heterocycles. The van der Waals surface area contributed by atoms with Crippen molar-refractivity contribution in [3.05, 3.63) is 76.3 Å². The molecule has 2 aromatic carbocycles. The number of amides is 1. The number of ether oxygens (including phenoxy) is 1. The molecular formula is C21H23BrN2O2. The number of nitrogens with zero attached hydrogens (tertiary/aromatic N) is 1. The monoisotopic (exact) mass is 414 g/mol. The van der Waals surface area contributed by atoms with E-state index < -0.39 is 0 Å². The third kappa shape index (κ3) is 5.53. The van der Waals surface area contributed by atoms with Crippen LogP contribution in [0.5, 0.6) is 0 Å². The lowest BCUT2D eigenvalue weighted by Gasteiger charge is -2.34. The van der Waals surface area contributed by atoms with Crippen molar-refractivity contribution in [1.29, 1.82) is 0 Å². The Labute approximate surface area is 163 Å². The molecule has 1 aliphatic heterocycles. The number of nitrogens with one attached hydrogen (secondary N) is 1. The van der Waals surface area contributed by atoms with Crippen LogP contribution >= 0.6 is 15.9 Å². The van der Waals surface area contributed by atoms with Gasteiger partial charge in [0.1, 0.15) is 0 Å². The Morgan fingerprint density at radius 1 is 1.12 bits per heavy atom. The van der Waals surface area contributed by atoms with Crippen molar-refractivity contribution >= 4 is 27.9 Å². The summed E-state index contributed by atoms with van der Waals surface area (Å²) >= 11 is 3.41. The average molecular weight is 415 g/mol. The maximum absolute atomic E-state index is 12.3. The number of morpholine rings is 1. The summed E-state index contributed by atoms with van der Waals surface area (Å²) in [4.78, 5) is 14.6. The van der Waals surface area contributed by atoms with Crippen LogP contribution in [0.15, 0.2) is 65.1 Å². The van der Waals surface area contributed by atoms with Crippen LogP contribution in [-0.2, 0) is 9.53 Å². The fourth-order valence-corrected chi connectivity index (χ4v) is 3.29. The summed E-state index contributed by atoms with van der Waals surface area (Å²) in [5, 5.41) is 3.04. The summed E-state index contributed by atoms with van der Waals surface area (Å²) in [6.07, 6.45) is 3.42. The first-order chi connectivity index (χ1) is 12.7. The Hall–Kier alpha value is -1.95. The van der Waals surface area contributed by atoms with Crippen molar-refractivity contribution in [2.75, 3.05) is 32.8 Å². The molecule has 136 valence electrons. The van der Waals surface area contributed by atoms with E-state index in [9.17, 15) is 4.79 Å². The number of halogens is 1. The van der Waals surface area contributed by atoms with Gasteiger partial charge in [0.15, 0.2) is 0 Å². The van der Waals surface area contributed by atoms with E-state index in [-0.39, 0.29) is 11.9 Å². The highest BCUT2D eigenvalue weighted by Crippen LogP contribution is 2.21. The largest absolute Gasteiger partial charge is 0.379 e. The minimum Gasteiger partial charge on any atom is -0.379 e. The summed E-state index contributed by atoms with van der Waals surface area (Å²) in [6, 6.07) is 18.3. The molecule has 1 amide bonds. The highest BCUT2D eigenvalue weighted by atomic mass is 79.9. The SMILES string of the molecule is O=C(/C=C/c1ccc(Br)cc1)NC[C@@H](c1ccccc1)N1CCOCC1. The molecule has 0 unspecified atom stereocenters. The van der Waals surface area contributed by atoms with Crippen molar-refractivity contribution in [2.24, 2.45) is 0 Å². The van der Waals surface area contributed by atoms with Gasteiger partial charge in [0.25, 0.3) is 0 Å². The van der Waals surface area contributed by atoms with Gasteiger partial charge in [0, 0.05) is 30.2 Å². The Kier molecular flexibility index (Phi) is 7.00. The smallest absolute Gasteiger partial charge is 0.244 e. The van der Waals surface area contributed by atoms with Crippen LogP contribution in [0.2, 0.25) is 0 Å². The van der Waals surface area contributed by atoms with E-state index in [2.05, 4.69) is 38.3 Å². The fourth-order valence-electron chi connectivity index (χ4n) is 3.02. The van der Waals surface area contributed by atoms with Gasteiger partial charge in [-0.2, -0.15) is 0 Å². The zero-order valence-corrected chi connectivity index (χ0v) is 16.2. The fraction of sp³-hybridized carbons (Fsp3) is 0.286. The van der Waals surface area contributed by atoms with Gasteiger partial charge in [-0.1, -0.05) is 58.4 Å². The molecule has 5 heteroatoms. The van der Waals surface area contributed by atoms with Crippen LogP contribution in [0.3, 0.4) is 0 Å². The van der Waals surface area contributed by atoms with Gasteiger partial charge in [-0.25, -0.2) is 0 Å². The molecule has 2 aromatic rings. The van der Waals surface area contributed by atoms with Crippen molar-refractivity contribution < 1.29 is 9.53 Å². The summed E-state index contributed by atoms with van der Waals surface area (Å²) in [6.45, 7) is 3.81. The first-order valence-electron chi connectivity index (χ1n) is 8.80. The average Bonchev–Trinajstić information content (AvgIpc) is 2.69. The first-order valence-corrected chi connectivity index (χ1v) is 9.60. The molecule has 1 atom stereocenters. The second kappa shape index (κ2) is 9.67. The summed E-state index contributed by atoms with van der Waals surface area (Å²) < 4.78 is 6.49. The highest BCUT2D eigenvalue weighted by Gasteiger charge is 2.22. The predicted octanol–water partition coefficient (Wildman–Crippen LogP) is 3.65. The summed E-state index contributed by atoms with van der Waals surface area (Å²) in [5.41, 5.74) is 2.21. The van der Waals surface area contributed by atoms with Crippen LogP contribution in [0, 0.1) is 0 Å². The van der Waals surface area contributed by atoms with Gasteiger partial charge in [-0.05, 0) is 29.3 Å². The molecule has 0 spiro atoms. The van der Waals surface area contributed by atoms with Crippen LogP contribution in [0.25, 0.3) is 6.08 Å². The normalized spacial score (nSPS) is 16.5.